The normalized spacial score (nSPS) is 25.5. The number of hydrogen-bond donors (Lipinski definition) is 4. The topological polar surface area (TPSA) is 157 Å². The standard InChI is InChI=1S/C24H35N5O5/c1-23(33)15-34-24(9-12-28(13-10-24)21(31)17(26)7-4-5-11-25)14-19(23)29-18-8-3-2-6-16(18)20(30)27-22(29)32/h2-3,6,8,17,19,33H,4-5,7,9-15,25-26H2,1H3,(H,27,30,32)/t17-,19+,23+/m1/s1. The van der Waals surface area contributed by atoms with Crippen molar-refractivity contribution >= 4 is 16.8 Å². The number of ether oxygens (including phenoxy) is 1. The molecule has 6 N–H and O–H groups in total. The Balaban J connectivity index is 1.55. The van der Waals surface area contributed by atoms with Gasteiger partial charge in [-0.05, 0) is 51.3 Å². The zero-order valence-corrected chi connectivity index (χ0v) is 19.7. The molecule has 10 heteroatoms. The Morgan fingerprint density at radius 3 is 2.68 bits per heavy atom. The van der Waals surface area contributed by atoms with Crippen LogP contribution in [0, 0.1) is 0 Å². The number of para-hydroxylation sites is 1. The van der Waals surface area contributed by atoms with Crippen LogP contribution in [0.25, 0.3) is 10.9 Å². The zero-order valence-electron chi connectivity index (χ0n) is 19.7. The molecule has 0 bridgehead atoms. The highest BCUT2D eigenvalue weighted by Crippen LogP contribution is 2.44. The van der Waals surface area contributed by atoms with Gasteiger partial charge >= 0.3 is 5.69 Å². The van der Waals surface area contributed by atoms with E-state index in [4.69, 9.17) is 16.2 Å². The van der Waals surface area contributed by atoms with E-state index in [1.807, 2.05) is 0 Å². The highest BCUT2D eigenvalue weighted by Gasteiger charge is 2.50. The first-order valence-electron chi connectivity index (χ1n) is 12.0. The minimum absolute atomic E-state index is 0.0457. The van der Waals surface area contributed by atoms with Gasteiger partial charge < -0.3 is 26.2 Å². The SMILES string of the molecule is C[C@]1(O)COC2(CCN(C(=O)[C@H](N)CCCCN)CC2)C[C@@H]1n1c(=O)[nH]c(=O)c2ccccc21. The molecule has 3 heterocycles. The highest BCUT2D eigenvalue weighted by atomic mass is 16.5. The molecule has 2 saturated heterocycles. The molecule has 1 amide bonds. The minimum Gasteiger partial charge on any atom is -0.386 e. The van der Waals surface area contributed by atoms with Gasteiger partial charge in [0.2, 0.25) is 5.91 Å². The van der Waals surface area contributed by atoms with Crippen LogP contribution in [0.2, 0.25) is 0 Å². The van der Waals surface area contributed by atoms with Crippen molar-refractivity contribution in [2.45, 2.75) is 68.7 Å². The first-order valence-corrected chi connectivity index (χ1v) is 12.0. The number of benzene rings is 1. The van der Waals surface area contributed by atoms with Crippen LogP contribution in [-0.4, -0.2) is 68.9 Å². The second-order valence-corrected chi connectivity index (χ2v) is 9.91. The number of amides is 1. The van der Waals surface area contributed by atoms with Crippen molar-refractivity contribution < 1.29 is 14.6 Å². The molecule has 2 aliphatic heterocycles. The lowest BCUT2D eigenvalue weighted by Gasteiger charge is -2.51. The quantitative estimate of drug-likeness (QED) is 0.437. The van der Waals surface area contributed by atoms with Gasteiger partial charge in [0.15, 0.2) is 0 Å². The number of aromatic amines is 1. The third-order valence-electron chi connectivity index (χ3n) is 7.39. The van der Waals surface area contributed by atoms with Gasteiger partial charge in [-0.25, -0.2) is 4.79 Å². The zero-order chi connectivity index (χ0) is 24.5. The van der Waals surface area contributed by atoms with Gasteiger partial charge in [0.25, 0.3) is 5.56 Å². The number of unbranched alkanes of at least 4 members (excludes halogenated alkanes) is 1. The summed E-state index contributed by atoms with van der Waals surface area (Å²) in [5.41, 5.74) is 9.22. The number of rotatable bonds is 6. The van der Waals surface area contributed by atoms with Gasteiger partial charge in [0.1, 0.15) is 5.60 Å². The Morgan fingerprint density at radius 1 is 1.26 bits per heavy atom. The van der Waals surface area contributed by atoms with Crippen LogP contribution >= 0.6 is 0 Å². The summed E-state index contributed by atoms with van der Waals surface area (Å²) < 4.78 is 7.69. The second-order valence-electron chi connectivity index (χ2n) is 9.91. The molecule has 2 aliphatic rings. The Hall–Kier alpha value is -2.53. The third-order valence-corrected chi connectivity index (χ3v) is 7.39. The molecule has 34 heavy (non-hydrogen) atoms. The van der Waals surface area contributed by atoms with Gasteiger partial charge in [-0.15, -0.1) is 0 Å². The van der Waals surface area contributed by atoms with Crippen molar-refractivity contribution in [2.75, 3.05) is 26.2 Å². The molecule has 1 spiro atoms. The van der Waals surface area contributed by atoms with E-state index in [0.29, 0.717) is 56.2 Å². The predicted octanol–water partition coefficient (Wildman–Crippen LogP) is 0.220. The molecule has 10 nitrogen and oxygen atoms in total. The summed E-state index contributed by atoms with van der Waals surface area (Å²) in [5.74, 6) is -0.0610. The van der Waals surface area contributed by atoms with Crippen molar-refractivity contribution in [3.05, 3.63) is 45.1 Å². The summed E-state index contributed by atoms with van der Waals surface area (Å²) in [7, 11) is 0. The van der Waals surface area contributed by atoms with Gasteiger partial charge in [0.05, 0.1) is 35.2 Å². The summed E-state index contributed by atoms with van der Waals surface area (Å²) >= 11 is 0. The summed E-state index contributed by atoms with van der Waals surface area (Å²) in [5, 5.41) is 11.6. The van der Waals surface area contributed by atoms with Crippen LogP contribution in [0.5, 0.6) is 0 Å². The Kier molecular flexibility index (Phi) is 6.95. The van der Waals surface area contributed by atoms with Crippen LogP contribution in [0.1, 0.15) is 51.5 Å². The van der Waals surface area contributed by atoms with Gasteiger partial charge in [-0.3, -0.25) is 19.1 Å². The summed E-state index contributed by atoms with van der Waals surface area (Å²) in [6.07, 6.45) is 3.83. The van der Waals surface area contributed by atoms with E-state index >= 15 is 0 Å². The van der Waals surface area contributed by atoms with Gasteiger partial charge in [-0.2, -0.15) is 0 Å². The number of aliphatic hydroxyl groups is 1. The van der Waals surface area contributed by atoms with Crippen LogP contribution in [-0.2, 0) is 9.53 Å². The lowest BCUT2D eigenvalue weighted by atomic mass is 9.77. The maximum atomic E-state index is 12.9. The molecular formula is C24H35N5O5. The van der Waals surface area contributed by atoms with E-state index in [1.54, 1.807) is 36.1 Å². The van der Waals surface area contributed by atoms with Crippen molar-refractivity contribution in [1.82, 2.24) is 14.5 Å². The minimum atomic E-state index is -1.31. The third kappa shape index (κ3) is 4.68. The number of nitrogens with one attached hydrogen (secondary N) is 1. The van der Waals surface area contributed by atoms with Crippen LogP contribution < -0.4 is 22.7 Å². The molecule has 4 rings (SSSR count). The molecule has 1 aromatic heterocycles. The summed E-state index contributed by atoms with van der Waals surface area (Å²) in [6, 6.07) is 5.75. The Morgan fingerprint density at radius 2 is 1.97 bits per heavy atom. The fourth-order valence-electron chi connectivity index (χ4n) is 5.26. The van der Waals surface area contributed by atoms with Crippen molar-refractivity contribution in [3.8, 4) is 0 Å². The molecule has 2 aromatic rings. The van der Waals surface area contributed by atoms with E-state index in [0.717, 1.165) is 12.8 Å². The van der Waals surface area contributed by atoms with E-state index in [2.05, 4.69) is 4.98 Å². The molecule has 0 unspecified atom stereocenters. The predicted molar refractivity (Wildman–Crippen MR) is 128 cm³/mol. The average molecular weight is 474 g/mol. The van der Waals surface area contributed by atoms with Crippen LogP contribution in [0.15, 0.2) is 33.9 Å². The van der Waals surface area contributed by atoms with Crippen LogP contribution in [0.3, 0.4) is 0 Å². The largest absolute Gasteiger partial charge is 0.386 e. The molecule has 0 radical (unpaired) electrons. The number of piperidine rings is 1. The fraction of sp³-hybridized carbons (Fsp3) is 0.625. The number of aromatic nitrogens is 2. The number of carbonyl (C=O) groups is 1. The van der Waals surface area contributed by atoms with E-state index in [1.165, 1.54) is 4.57 Å². The summed E-state index contributed by atoms with van der Waals surface area (Å²) in [4.78, 5) is 42.2. The maximum Gasteiger partial charge on any atom is 0.329 e. The maximum absolute atomic E-state index is 12.9. The van der Waals surface area contributed by atoms with Crippen molar-refractivity contribution in [2.24, 2.45) is 11.5 Å². The molecular weight excluding hydrogens is 438 g/mol. The van der Waals surface area contributed by atoms with E-state index in [9.17, 15) is 19.5 Å². The highest BCUT2D eigenvalue weighted by molar-refractivity contribution is 5.81. The number of fused-ring (bicyclic) bond motifs is 1. The van der Waals surface area contributed by atoms with Gasteiger partial charge in [0, 0.05) is 19.5 Å². The molecule has 0 aliphatic carbocycles. The number of carbonyl (C=O) groups excluding carboxylic acids is 1. The van der Waals surface area contributed by atoms with Gasteiger partial charge in [-0.1, -0.05) is 18.6 Å². The smallest absolute Gasteiger partial charge is 0.329 e. The fourth-order valence-corrected chi connectivity index (χ4v) is 5.26. The number of nitrogens with zero attached hydrogens (tertiary/aromatic N) is 2. The lowest BCUT2D eigenvalue weighted by molar-refractivity contribution is -0.201. The van der Waals surface area contributed by atoms with Crippen molar-refractivity contribution in [3.63, 3.8) is 0 Å². The first-order chi connectivity index (χ1) is 16.2. The number of likely N-dealkylation sites (tertiary alicyclic amines) is 1. The summed E-state index contributed by atoms with van der Waals surface area (Å²) in [6.45, 7) is 3.28. The monoisotopic (exact) mass is 473 g/mol. The van der Waals surface area contributed by atoms with Crippen molar-refractivity contribution in [1.29, 1.82) is 0 Å². The number of hydrogen-bond acceptors (Lipinski definition) is 7. The lowest BCUT2D eigenvalue weighted by Crippen LogP contribution is -2.59. The molecule has 1 aromatic carbocycles. The molecule has 2 fully saturated rings. The first kappa shape index (κ1) is 24.6. The van der Waals surface area contributed by atoms with E-state index in [-0.39, 0.29) is 12.5 Å². The van der Waals surface area contributed by atoms with Crippen LogP contribution in [0.4, 0.5) is 0 Å². The van der Waals surface area contributed by atoms with E-state index < -0.39 is 34.5 Å². The Labute approximate surface area is 197 Å². The molecule has 186 valence electrons. The average Bonchev–Trinajstić information content (AvgIpc) is 2.82. The Bertz CT molecular complexity index is 1150. The number of nitrogens with two attached hydrogens (primary N) is 2. The number of H-pyrrole nitrogens is 1. The molecule has 0 saturated carbocycles. The second kappa shape index (κ2) is 9.61. The molecule has 3 atom stereocenters.